The topological polar surface area (TPSA) is 55.1 Å². The van der Waals surface area contributed by atoms with Crippen LogP contribution in [0.2, 0.25) is 0 Å². The minimum Gasteiger partial charge on any atom is -0.356 e. The molecule has 2 rings (SSSR count). The van der Waals surface area contributed by atoms with E-state index in [0.717, 1.165) is 0 Å². The number of benzene rings is 2. The van der Waals surface area contributed by atoms with Crippen LogP contribution in [0, 0.1) is 11.6 Å². The maximum absolute atomic E-state index is 13.5. The molecule has 1 amide bonds. The van der Waals surface area contributed by atoms with Crippen LogP contribution in [0.25, 0.3) is 0 Å². The number of carbonyl (C=O) groups excluding carboxylic acids is 1. The predicted octanol–water partition coefficient (Wildman–Crippen LogP) is 2.58. The van der Waals surface area contributed by atoms with Crippen molar-refractivity contribution in [2.24, 2.45) is 5.73 Å². The molecule has 0 unspecified atom stereocenters. The molecule has 0 aromatic heterocycles. The van der Waals surface area contributed by atoms with E-state index < -0.39 is 6.04 Å². The van der Waals surface area contributed by atoms with E-state index in [-0.39, 0.29) is 24.0 Å². The normalized spacial score (nSPS) is 12.0. The third-order valence-electron chi connectivity index (χ3n) is 3.56. The van der Waals surface area contributed by atoms with Crippen LogP contribution in [0.15, 0.2) is 48.5 Å². The number of hydrogen-bond donors (Lipinski definition) is 2. The van der Waals surface area contributed by atoms with E-state index in [9.17, 15) is 13.6 Å². The van der Waals surface area contributed by atoms with Crippen molar-refractivity contribution >= 4 is 5.91 Å². The molecule has 5 heteroatoms. The Morgan fingerprint density at radius 1 is 1.00 bits per heavy atom. The highest BCUT2D eigenvalue weighted by Gasteiger charge is 2.12. The molecular weight excluding hydrogens is 298 g/mol. The first-order valence-electron chi connectivity index (χ1n) is 7.55. The van der Waals surface area contributed by atoms with Gasteiger partial charge in [0.25, 0.3) is 0 Å². The summed E-state index contributed by atoms with van der Waals surface area (Å²) in [5, 5.41) is 2.71. The van der Waals surface area contributed by atoms with Gasteiger partial charge in [-0.3, -0.25) is 4.79 Å². The van der Waals surface area contributed by atoms with Crippen LogP contribution in [-0.2, 0) is 17.6 Å². The fourth-order valence-electron chi connectivity index (χ4n) is 2.37. The third kappa shape index (κ3) is 5.45. The smallest absolute Gasteiger partial charge is 0.221 e. The Bertz CT molecular complexity index is 661. The van der Waals surface area contributed by atoms with E-state index in [0.29, 0.717) is 30.5 Å². The van der Waals surface area contributed by atoms with Crippen molar-refractivity contribution in [3.8, 4) is 0 Å². The van der Waals surface area contributed by atoms with Gasteiger partial charge in [-0.05, 0) is 36.1 Å². The second-order valence-corrected chi connectivity index (χ2v) is 5.45. The lowest BCUT2D eigenvalue weighted by molar-refractivity contribution is -0.121. The van der Waals surface area contributed by atoms with Gasteiger partial charge in [-0.1, -0.05) is 36.4 Å². The molecule has 0 aliphatic rings. The molecule has 2 aromatic carbocycles. The summed E-state index contributed by atoms with van der Waals surface area (Å²) in [6.45, 7) is 0.339. The number of rotatable bonds is 7. The summed E-state index contributed by atoms with van der Waals surface area (Å²) >= 11 is 0. The fourth-order valence-corrected chi connectivity index (χ4v) is 2.37. The second-order valence-electron chi connectivity index (χ2n) is 5.45. The Morgan fingerprint density at radius 2 is 1.57 bits per heavy atom. The highest BCUT2D eigenvalue weighted by molar-refractivity contribution is 5.76. The number of nitrogens with one attached hydrogen (secondary N) is 1. The number of carbonyl (C=O) groups is 1. The maximum atomic E-state index is 13.5. The van der Waals surface area contributed by atoms with Gasteiger partial charge in [0, 0.05) is 19.0 Å². The van der Waals surface area contributed by atoms with Gasteiger partial charge < -0.3 is 11.1 Å². The lowest BCUT2D eigenvalue weighted by Gasteiger charge is -2.12. The molecule has 0 aliphatic carbocycles. The molecule has 0 aliphatic heterocycles. The molecule has 122 valence electrons. The highest BCUT2D eigenvalue weighted by Crippen LogP contribution is 2.10. The van der Waals surface area contributed by atoms with Crippen LogP contribution < -0.4 is 11.1 Å². The summed E-state index contributed by atoms with van der Waals surface area (Å²) in [6.07, 6.45) is 0.819. The van der Waals surface area contributed by atoms with Crippen molar-refractivity contribution in [2.75, 3.05) is 6.54 Å². The Morgan fingerprint density at radius 3 is 2.17 bits per heavy atom. The summed E-state index contributed by atoms with van der Waals surface area (Å²) < 4.78 is 27.0. The highest BCUT2D eigenvalue weighted by atomic mass is 19.1. The van der Waals surface area contributed by atoms with Crippen LogP contribution in [0.1, 0.15) is 17.5 Å². The van der Waals surface area contributed by atoms with Crippen molar-refractivity contribution < 1.29 is 13.6 Å². The summed E-state index contributed by atoms with van der Waals surface area (Å²) in [7, 11) is 0. The van der Waals surface area contributed by atoms with Crippen molar-refractivity contribution in [2.45, 2.75) is 25.3 Å². The van der Waals surface area contributed by atoms with Gasteiger partial charge in [0.1, 0.15) is 11.6 Å². The van der Waals surface area contributed by atoms with Gasteiger partial charge >= 0.3 is 0 Å². The summed E-state index contributed by atoms with van der Waals surface area (Å²) in [4.78, 5) is 11.8. The van der Waals surface area contributed by atoms with Crippen molar-refractivity contribution in [3.63, 3.8) is 0 Å². The molecule has 3 N–H and O–H groups in total. The Balaban J connectivity index is 1.74. The first-order valence-corrected chi connectivity index (χ1v) is 7.55. The zero-order valence-corrected chi connectivity index (χ0v) is 12.8. The standard InChI is InChI=1S/C18H20F2N2O/c19-16-7-3-1-5-13(16)9-10-22-18(23)12-15(21)11-14-6-2-4-8-17(14)20/h1-8,15H,9-12,21H2,(H,22,23)/t15-/m1/s1. The van der Waals surface area contributed by atoms with Gasteiger partial charge in [0.15, 0.2) is 0 Å². The van der Waals surface area contributed by atoms with Crippen molar-refractivity contribution in [1.82, 2.24) is 5.32 Å². The van der Waals surface area contributed by atoms with Crippen LogP contribution in [-0.4, -0.2) is 18.5 Å². The monoisotopic (exact) mass is 318 g/mol. The first-order chi connectivity index (χ1) is 11.1. The molecule has 0 radical (unpaired) electrons. The number of amides is 1. The molecule has 0 spiro atoms. The molecular formula is C18H20F2N2O. The van der Waals surface area contributed by atoms with Crippen LogP contribution >= 0.6 is 0 Å². The SMILES string of the molecule is N[C@@H](CC(=O)NCCc1ccccc1F)Cc1ccccc1F. The Kier molecular flexibility index (Phi) is 6.23. The van der Waals surface area contributed by atoms with E-state index in [1.54, 1.807) is 36.4 Å². The summed E-state index contributed by atoms with van der Waals surface area (Å²) in [5.74, 6) is -0.814. The van der Waals surface area contributed by atoms with Gasteiger partial charge in [0.2, 0.25) is 5.91 Å². The molecule has 1 atom stereocenters. The van der Waals surface area contributed by atoms with E-state index in [4.69, 9.17) is 5.73 Å². The molecule has 3 nitrogen and oxygen atoms in total. The van der Waals surface area contributed by atoms with Crippen molar-refractivity contribution in [3.05, 3.63) is 71.3 Å². The van der Waals surface area contributed by atoms with Crippen LogP contribution in [0.5, 0.6) is 0 Å². The molecule has 0 heterocycles. The van der Waals surface area contributed by atoms with E-state index in [1.165, 1.54) is 12.1 Å². The average Bonchev–Trinajstić information content (AvgIpc) is 2.51. The number of hydrogen-bond acceptors (Lipinski definition) is 2. The quantitative estimate of drug-likeness (QED) is 0.824. The minimum atomic E-state index is -0.458. The van der Waals surface area contributed by atoms with E-state index in [2.05, 4.69) is 5.32 Å². The summed E-state index contributed by atoms with van der Waals surface area (Å²) in [6, 6.07) is 12.4. The fraction of sp³-hybridized carbons (Fsp3) is 0.278. The molecule has 0 fully saturated rings. The van der Waals surface area contributed by atoms with Gasteiger partial charge in [-0.15, -0.1) is 0 Å². The Labute approximate surface area is 134 Å². The Hall–Kier alpha value is -2.27. The lowest BCUT2D eigenvalue weighted by Crippen LogP contribution is -2.34. The maximum Gasteiger partial charge on any atom is 0.221 e. The van der Waals surface area contributed by atoms with E-state index >= 15 is 0 Å². The third-order valence-corrected chi connectivity index (χ3v) is 3.56. The molecule has 2 aromatic rings. The van der Waals surface area contributed by atoms with Gasteiger partial charge in [-0.2, -0.15) is 0 Å². The molecule has 23 heavy (non-hydrogen) atoms. The van der Waals surface area contributed by atoms with Gasteiger partial charge in [0.05, 0.1) is 0 Å². The zero-order valence-electron chi connectivity index (χ0n) is 12.8. The van der Waals surface area contributed by atoms with Gasteiger partial charge in [-0.25, -0.2) is 8.78 Å². The first kappa shape index (κ1) is 17.1. The molecule has 0 saturated carbocycles. The predicted molar refractivity (Wildman–Crippen MR) is 85.8 cm³/mol. The van der Waals surface area contributed by atoms with Crippen LogP contribution in [0.4, 0.5) is 8.78 Å². The minimum absolute atomic E-state index is 0.103. The lowest BCUT2D eigenvalue weighted by atomic mass is 10.0. The molecule has 0 bridgehead atoms. The number of halogens is 2. The van der Waals surface area contributed by atoms with Crippen molar-refractivity contribution in [1.29, 1.82) is 0 Å². The molecule has 0 saturated heterocycles. The largest absolute Gasteiger partial charge is 0.356 e. The van der Waals surface area contributed by atoms with E-state index in [1.807, 2.05) is 0 Å². The number of nitrogens with two attached hydrogens (primary N) is 1. The average molecular weight is 318 g/mol. The second kappa shape index (κ2) is 8.39. The summed E-state index contributed by atoms with van der Waals surface area (Å²) in [5.41, 5.74) is 6.95. The van der Waals surface area contributed by atoms with Crippen LogP contribution in [0.3, 0.4) is 0 Å². The zero-order chi connectivity index (χ0) is 16.7.